The van der Waals surface area contributed by atoms with E-state index in [2.05, 4.69) is 4.72 Å². The van der Waals surface area contributed by atoms with E-state index in [1.807, 2.05) is 20.8 Å². The predicted octanol–water partition coefficient (Wildman–Crippen LogP) is 2.78. The van der Waals surface area contributed by atoms with Crippen molar-refractivity contribution in [1.29, 1.82) is 0 Å². The highest BCUT2D eigenvalue weighted by atomic mass is 32.2. The molecule has 0 fully saturated rings. The van der Waals surface area contributed by atoms with Crippen molar-refractivity contribution in [2.45, 2.75) is 51.5 Å². The number of ether oxygens (including phenoxy) is 1. The van der Waals surface area contributed by atoms with Crippen molar-refractivity contribution in [2.75, 3.05) is 7.11 Å². The molecule has 0 bridgehead atoms. The lowest BCUT2D eigenvalue weighted by atomic mass is 10.1. The van der Waals surface area contributed by atoms with Crippen LogP contribution in [0.4, 0.5) is 0 Å². The third-order valence-corrected chi connectivity index (χ3v) is 5.17. The molecule has 0 aromatic heterocycles. The Hall–Kier alpha value is -1.07. The Kier molecular flexibility index (Phi) is 5.38. The Balaban J connectivity index is 3.19. The van der Waals surface area contributed by atoms with Crippen molar-refractivity contribution >= 4 is 10.0 Å². The third kappa shape index (κ3) is 3.48. The molecule has 0 aliphatic rings. The summed E-state index contributed by atoms with van der Waals surface area (Å²) in [7, 11) is -1.89. The first-order chi connectivity index (χ1) is 8.87. The molecule has 0 saturated carbocycles. The molecule has 4 nitrogen and oxygen atoms in total. The van der Waals surface area contributed by atoms with E-state index in [0.29, 0.717) is 10.6 Å². The second-order valence-corrected chi connectivity index (χ2v) is 6.33. The van der Waals surface area contributed by atoms with Gasteiger partial charge in [0.25, 0.3) is 0 Å². The fourth-order valence-electron chi connectivity index (χ4n) is 2.02. The Bertz CT molecular complexity index is 534. The largest absolute Gasteiger partial charge is 0.496 e. The van der Waals surface area contributed by atoms with E-state index < -0.39 is 10.0 Å². The van der Waals surface area contributed by atoms with Crippen LogP contribution < -0.4 is 9.46 Å². The Morgan fingerprint density at radius 1 is 1.16 bits per heavy atom. The maximum absolute atomic E-state index is 12.4. The van der Waals surface area contributed by atoms with Gasteiger partial charge in [-0.15, -0.1) is 0 Å². The average molecular weight is 285 g/mol. The van der Waals surface area contributed by atoms with Crippen LogP contribution in [0.15, 0.2) is 17.0 Å². The van der Waals surface area contributed by atoms with Crippen LogP contribution in [0.2, 0.25) is 0 Å². The van der Waals surface area contributed by atoms with Crippen LogP contribution in [0.5, 0.6) is 5.75 Å². The molecule has 0 atom stereocenters. The highest BCUT2D eigenvalue weighted by Crippen LogP contribution is 2.27. The molecule has 0 aliphatic heterocycles. The smallest absolute Gasteiger partial charge is 0.241 e. The molecule has 5 heteroatoms. The first kappa shape index (κ1) is 16.0. The van der Waals surface area contributed by atoms with Gasteiger partial charge in [0.2, 0.25) is 10.0 Å². The Morgan fingerprint density at radius 2 is 1.74 bits per heavy atom. The van der Waals surface area contributed by atoms with Crippen LogP contribution in [0.3, 0.4) is 0 Å². The van der Waals surface area contributed by atoms with Crippen molar-refractivity contribution in [3.05, 3.63) is 23.3 Å². The number of rotatable bonds is 6. The van der Waals surface area contributed by atoms with Crippen LogP contribution in [-0.4, -0.2) is 21.6 Å². The lowest BCUT2D eigenvalue weighted by Gasteiger charge is -2.18. The van der Waals surface area contributed by atoms with Crippen molar-refractivity contribution < 1.29 is 13.2 Å². The summed E-state index contributed by atoms with van der Waals surface area (Å²) in [6.07, 6.45) is 1.56. The lowest BCUT2D eigenvalue weighted by Crippen LogP contribution is -2.34. The maximum atomic E-state index is 12.4. The number of hydrogen-bond acceptors (Lipinski definition) is 3. The number of hydrogen-bond donors (Lipinski definition) is 1. The molecule has 0 unspecified atom stereocenters. The zero-order chi connectivity index (χ0) is 14.6. The van der Waals surface area contributed by atoms with Gasteiger partial charge >= 0.3 is 0 Å². The van der Waals surface area contributed by atoms with Crippen LogP contribution in [-0.2, 0) is 10.0 Å². The molecule has 0 heterocycles. The summed E-state index contributed by atoms with van der Waals surface area (Å²) in [6.45, 7) is 7.62. The number of sulfonamides is 1. The van der Waals surface area contributed by atoms with Gasteiger partial charge in [-0.05, 0) is 49.9 Å². The SMILES string of the molecule is CCC(CC)NS(=O)(=O)c1ccc(OC)c(C)c1C. The third-order valence-electron chi connectivity index (χ3n) is 3.50. The molecule has 108 valence electrons. The van der Waals surface area contributed by atoms with Crippen molar-refractivity contribution in [3.63, 3.8) is 0 Å². The van der Waals surface area contributed by atoms with Gasteiger partial charge in [0.05, 0.1) is 12.0 Å². The average Bonchev–Trinajstić information content (AvgIpc) is 2.38. The maximum Gasteiger partial charge on any atom is 0.241 e. The van der Waals surface area contributed by atoms with Crippen molar-refractivity contribution in [1.82, 2.24) is 4.72 Å². The van der Waals surface area contributed by atoms with Gasteiger partial charge in [0.1, 0.15) is 5.75 Å². The fraction of sp³-hybridized carbons (Fsp3) is 0.571. The molecule has 19 heavy (non-hydrogen) atoms. The van der Waals surface area contributed by atoms with Crippen LogP contribution >= 0.6 is 0 Å². The summed E-state index contributed by atoms with van der Waals surface area (Å²) in [4.78, 5) is 0.331. The summed E-state index contributed by atoms with van der Waals surface area (Å²) in [5, 5.41) is 0. The molecule has 1 aromatic rings. The highest BCUT2D eigenvalue weighted by molar-refractivity contribution is 7.89. The van der Waals surface area contributed by atoms with Crippen LogP contribution in [0.1, 0.15) is 37.8 Å². The predicted molar refractivity (Wildman–Crippen MR) is 77.2 cm³/mol. The van der Waals surface area contributed by atoms with Gasteiger partial charge < -0.3 is 4.74 Å². The van der Waals surface area contributed by atoms with Gasteiger partial charge in [-0.25, -0.2) is 13.1 Å². The molecule has 0 amide bonds. The van der Waals surface area contributed by atoms with Gasteiger partial charge in [-0.1, -0.05) is 13.8 Å². The first-order valence-electron chi connectivity index (χ1n) is 6.53. The van der Waals surface area contributed by atoms with Gasteiger partial charge in [-0.2, -0.15) is 0 Å². The van der Waals surface area contributed by atoms with E-state index in [-0.39, 0.29) is 6.04 Å². The zero-order valence-electron chi connectivity index (χ0n) is 12.3. The molecule has 0 aliphatic carbocycles. The Morgan fingerprint density at radius 3 is 2.21 bits per heavy atom. The van der Waals surface area contributed by atoms with Gasteiger partial charge in [0, 0.05) is 6.04 Å². The van der Waals surface area contributed by atoms with Gasteiger partial charge in [0.15, 0.2) is 0 Å². The van der Waals surface area contributed by atoms with E-state index in [0.717, 1.165) is 24.0 Å². The molecule has 1 N–H and O–H groups in total. The monoisotopic (exact) mass is 285 g/mol. The number of benzene rings is 1. The van der Waals surface area contributed by atoms with E-state index in [1.165, 1.54) is 0 Å². The highest BCUT2D eigenvalue weighted by Gasteiger charge is 2.21. The summed E-state index contributed by atoms with van der Waals surface area (Å²) in [5.74, 6) is 0.707. The number of methoxy groups -OCH3 is 1. The van der Waals surface area contributed by atoms with E-state index in [4.69, 9.17) is 4.74 Å². The van der Waals surface area contributed by atoms with Gasteiger partial charge in [-0.3, -0.25) is 0 Å². The summed E-state index contributed by atoms with van der Waals surface area (Å²) in [5.41, 5.74) is 1.59. The Labute approximate surface area is 116 Å². The molecular formula is C14H23NO3S. The van der Waals surface area contributed by atoms with Crippen LogP contribution in [0.25, 0.3) is 0 Å². The number of nitrogens with one attached hydrogen (secondary N) is 1. The van der Waals surface area contributed by atoms with E-state index in [1.54, 1.807) is 26.2 Å². The van der Waals surface area contributed by atoms with Crippen molar-refractivity contribution in [2.24, 2.45) is 0 Å². The minimum atomic E-state index is -3.47. The van der Waals surface area contributed by atoms with Crippen molar-refractivity contribution in [3.8, 4) is 5.75 Å². The minimum Gasteiger partial charge on any atom is -0.496 e. The molecule has 0 saturated heterocycles. The second-order valence-electron chi connectivity index (χ2n) is 4.65. The summed E-state index contributed by atoms with van der Waals surface area (Å²) >= 11 is 0. The molecule has 0 radical (unpaired) electrons. The topological polar surface area (TPSA) is 55.4 Å². The fourth-order valence-corrected chi connectivity index (χ4v) is 3.72. The molecule has 1 rings (SSSR count). The minimum absolute atomic E-state index is 0.0215. The standard InChI is InChI=1S/C14H23NO3S/c1-6-12(7-2)15-19(16,17)14-9-8-13(18-5)10(3)11(14)4/h8-9,12,15H,6-7H2,1-5H3. The quantitative estimate of drug-likeness (QED) is 0.874. The molecular weight excluding hydrogens is 262 g/mol. The normalized spacial score (nSPS) is 11.9. The summed E-state index contributed by atoms with van der Waals surface area (Å²) < 4.78 is 32.7. The lowest BCUT2D eigenvalue weighted by molar-refractivity contribution is 0.410. The summed E-state index contributed by atoms with van der Waals surface area (Å²) in [6, 6.07) is 3.28. The second kappa shape index (κ2) is 6.39. The van der Waals surface area contributed by atoms with E-state index in [9.17, 15) is 8.42 Å². The molecule has 0 spiro atoms. The first-order valence-corrected chi connectivity index (χ1v) is 8.02. The zero-order valence-corrected chi connectivity index (χ0v) is 13.1. The van der Waals surface area contributed by atoms with Crippen LogP contribution in [0, 0.1) is 13.8 Å². The van der Waals surface area contributed by atoms with E-state index >= 15 is 0 Å². The molecule has 1 aromatic carbocycles.